The number of carbonyl (C=O) groups excluding carboxylic acids is 3. The quantitative estimate of drug-likeness (QED) is 0.523. The fourth-order valence-corrected chi connectivity index (χ4v) is 3.95. The summed E-state index contributed by atoms with van der Waals surface area (Å²) in [5.74, 6) is -0.289. The molecule has 2 fully saturated rings. The van der Waals surface area contributed by atoms with Crippen LogP contribution in [0.15, 0.2) is 48.8 Å². The number of hydrogen-bond acceptors (Lipinski definition) is 5. The fraction of sp³-hybridized carbons (Fsp3) is 0.364. The molecule has 2 saturated heterocycles. The van der Waals surface area contributed by atoms with E-state index in [0.29, 0.717) is 30.8 Å². The van der Waals surface area contributed by atoms with Gasteiger partial charge >= 0.3 is 6.03 Å². The van der Waals surface area contributed by atoms with Crippen LogP contribution in [0.25, 0.3) is 0 Å². The van der Waals surface area contributed by atoms with Gasteiger partial charge in [-0.15, -0.1) is 0 Å². The van der Waals surface area contributed by atoms with E-state index < -0.39 is 0 Å². The second-order valence-electron chi connectivity index (χ2n) is 7.56. The zero-order chi connectivity index (χ0) is 21.6. The predicted octanol–water partition coefficient (Wildman–Crippen LogP) is 1.35. The normalized spacial score (nSPS) is 22.5. The Bertz CT molecular complexity index is 935. The van der Waals surface area contributed by atoms with Crippen LogP contribution in [0.3, 0.4) is 0 Å². The van der Waals surface area contributed by atoms with E-state index in [2.05, 4.69) is 26.3 Å². The first-order valence-corrected chi connectivity index (χ1v) is 10.4. The molecule has 0 radical (unpaired) electrons. The number of aromatic nitrogens is 1. The summed E-state index contributed by atoms with van der Waals surface area (Å²) in [5, 5.41) is 11.3. The number of hydrogen-bond donors (Lipinski definition) is 4. The zero-order valence-corrected chi connectivity index (χ0v) is 17.0. The van der Waals surface area contributed by atoms with Crippen molar-refractivity contribution in [2.45, 2.75) is 25.1 Å². The Morgan fingerprint density at radius 2 is 1.61 bits per heavy atom. The van der Waals surface area contributed by atoms with Gasteiger partial charge in [0.25, 0.3) is 11.8 Å². The van der Waals surface area contributed by atoms with E-state index in [-0.39, 0.29) is 36.0 Å². The molecule has 0 aliphatic carbocycles. The third kappa shape index (κ3) is 5.00. The van der Waals surface area contributed by atoms with Gasteiger partial charge in [-0.1, -0.05) is 12.1 Å². The summed E-state index contributed by atoms with van der Waals surface area (Å²) in [5.41, 5.74) is 1.98. The smallest absolute Gasteiger partial charge is 0.317 e. The first-order valence-electron chi connectivity index (χ1n) is 10.4. The molecule has 2 aromatic rings. The maximum absolute atomic E-state index is 12.4. The minimum Gasteiger partial charge on any atom is -0.358 e. The van der Waals surface area contributed by atoms with Gasteiger partial charge < -0.3 is 26.0 Å². The topological polar surface area (TPSA) is 121 Å². The van der Waals surface area contributed by atoms with Crippen molar-refractivity contribution in [3.05, 3.63) is 65.5 Å². The summed E-state index contributed by atoms with van der Waals surface area (Å²) in [7, 11) is 0. The average Bonchev–Trinajstić information content (AvgIpc) is 2.81. The van der Waals surface area contributed by atoms with Crippen LogP contribution in [0.1, 0.15) is 45.2 Å². The summed E-state index contributed by atoms with van der Waals surface area (Å²) >= 11 is 0. The molecule has 0 saturated carbocycles. The number of nitrogens with one attached hydrogen (secondary N) is 4. The summed E-state index contributed by atoms with van der Waals surface area (Å²) in [6, 6.07) is 10.1. The summed E-state index contributed by atoms with van der Waals surface area (Å²) in [6.45, 7) is 1.27. The molecule has 2 aliphatic heterocycles. The van der Waals surface area contributed by atoms with Gasteiger partial charge in [-0.3, -0.25) is 14.6 Å². The van der Waals surface area contributed by atoms with E-state index in [0.717, 1.165) is 18.4 Å². The second-order valence-corrected chi connectivity index (χ2v) is 7.56. The molecule has 0 bridgehead atoms. The van der Waals surface area contributed by atoms with Crippen molar-refractivity contribution >= 4 is 17.8 Å². The van der Waals surface area contributed by atoms with Crippen LogP contribution in [-0.4, -0.2) is 48.8 Å². The van der Waals surface area contributed by atoms with E-state index in [1.54, 1.807) is 36.7 Å². The van der Waals surface area contributed by atoms with Crippen LogP contribution in [-0.2, 0) is 4.74 Å². The van der Waals surface area contributed by atoms with E-state index >= 15 is 0 Å². The molecule has 9 heteroatoms. The summed E-state index contributed by atoms with van der Waals surface area (Å²) in [6.07, 6.45) is 4.73. The van der Waals surface area contributed by atoms with E-state index in [9.17, 15) is 14.4 Å². The van der Waals surface area contributed by atoms with Crippen molar-refractivity contribution in [2.24, 2.45) is 5.92 Å². The lowest BCUT2D eigenvalue weighted by Gasteiger charge is -2.41. The minimum absolute atomic E-state index is 0.148. The van der Waals surface area contributed by atoms with E-state index in [4.69, 9.17) is 4.74 Å². The SMILES string of the molecule is O=C1N[C@H]2OCCC[C@H]2[C@H](c2ccc(C(=O)NCCNC(=O)c3ccncc3)cc2)N1. The molecule has 0 unspecified atom stereocenters. The van der Waals surface area contributed by atoms with Crippen LogP contribution < -0.4 is 21.3 Å². The van der Waals surface area contributed by atoms with Gasteiger partial charge in [0.1, 0.15) is 6.23 Å². The largest absolute Gasteiger partial charge is 0.358 e. The molecule has 4 N–H and O–H groups in total. The van der Waals surface area contributed by atoms with Crippen molar-refractivity contribution in [3.63, 3.8) is 0 Å². The summed E-state index contributed by atoms with van der Waals surface area (Å²) < 4.78 is 5.70. The fourth-order valence-electron chi connectivity index (χ4n) is 3.95. The monoisotopic (exact) mass is 423 g/mol. The van der Waals surface area contributed by atoms with Crippen molar-refractivity contribution in [1.29, 1.82) is 0 Å². The first kappa shape index (κ1) is 20.8. The minimum atomic E-state index is -0.280. The summed E-state index contributed by atoms with van der Waals surface area (Å²) in [4.78, 5) is 40.2. The number of benzene rings is 1. The number of ether oxygens (including phenoxy) is 1. The molecule has 1 aromatic carbocycles. The second kappa shape index (κ2) is 9.57. The molecule has 2 aliphatic rings. The first-order chi connectivity index (χ1) is 15.1. The molecular weight excluding hydrogens is 398 g/mol. The number of carbonyl (C=O) groups is 3. The van der Waals surface area contributed by atoms with Gasteiger partial charge in [0.15, 0.2) is 0 Å². The average molecular weight is 423 g/mol. The number of pyridine rings is 1. The van der Waals surface area contributed by atoms with Gasteiger partial charge in [0.05, 0.1) is 6.04 Å². The zero-order valence-electron chi connectivity index (χ0n) is 17.0. The predicted molar refractivity (Wildman–Crippen MR) is 112 cm³/mol. The third-order valence-corrected chi connectivity index (χ3v) is 5.53. The van der Waals surface area contributed by atoms with Gasteiger partial charge in [-0.2, -0.15) is 0 Å². The highest BCUT2D eigenvalue weighted by Crippen LogP contribution is 2.34. The van der Waals surface area contributed by atoms with Gasteiger partial charge in [-0.25, -0.2) is 4.79 Å². The Morgan fingerprint density at radius 1 is 0.968 bits per heavy atom. The standard InChI is InChI=1S/C22H25N5O4/c28-19(24-11-12-25-20(29)16-7-9-23-10-8-16)15-5-3-14(4-6-15)18-17-2-1-13-31-21(17)27-22(30)26-18/h3-10,17-18,21H,1-2,11-13H2,(H,24,28)(H,25,29)(H2,26,27,30)/t17-,18-,21-/m0/s1. The maximum atomic E-state index is 12.4. The number of nitrogens with zero attached hydrogens (tertiary/aromatic N) is 1. The molecule has 1 aromatic heterocycles. The molecule has 4 amide bonds. The Morgan fingerprint density at radius 3 is 2.29 bits per heavy atom. The van der Waals surface area contributed by atoms with E-state index in [1.165, 1.54) is 0 Å². The highest BCUT2D eigenvalue weighted by molar-refractivity contribution is 5.95. The lowest BCUT2D eigenvalue weighted by atomic mass is 9.85. The van der Waals surface area contributed by atoms with Crippen molar-refractivity contribution in [2.75, 3.05) is 19.7 Å². The molecule has 3 atom stereocenters. The Balaban J connectivity index is 1.29. The lowest BCUT2D eigenvalue weighted by molar-refractivity contribution is -0.0602. The molecule has 0 spiro atoms. The van der Waals surface area contributed by atoms with Crippen molar-refractivity contribution in [1.82, 2.24) is 26.3 Å². The number of rotatable bonds is 6. The molecule has 31 heavy (non-hydrogen) atoms. The lowest BCUT2D eigenvalue weighted by Crippen LogP contribution is -2.58. The van der Waals surface area contributed by atoms with Crippen LogP contribution in [0.5, 0.6) is 0 Å². The molecular formula is C22H25N5O4. The van der Waals surface area contributed by atoms with Gasteiger partial charge in [0, 0.05) is 49.1 Å². The maximum Gasteiger partial charge on any atom is 0.317 e. The van der Waals surface area contributed by atoms with Crippen LogP contribution in [0.2, 0.25) is 0 Å². The van der Waals surface area contributed by atoms with Crippen LogP contribution >= 0.6 is 0 Å². The van der Waals surface area contributed by atoms with E-state index in [1.807, 2.05) is 12.1 Å². The van der Waals surface area contributed by atoms with Gasteiger partial charge in [0.2, 0.25) is 0 Å². The highest BCUT2D eigenvalue weighted by Gasteiger charge is 2.39. The molecule has 3 heterocycles. The molecule has 4 rings (SSSR count). The number of amides is 4. The van der Waals surface area contributed by atoms with Crippen molar-refractivity contribution in [3.8, 4) is 0 Å². The van der Waals surface area contributed by atoms with Gasteiger partial charge in [-0.05, 0) is 42.7 Å². The Hall–Kier alpha value is -3.46. The number of fused-ring (bicyclic) bond motifs is 1. The molecule has 9 nitrogen and oxygen atoms in total. The Labute approximate surface area is 180 Å². The Kier molecular flexibility index (Phi) is 6.42. The third-order valence-electron chi connectivity index (χ3n) is 5.53. The highest BCUT2D eigenvalue weighted by atomic mass is 16.5. The molecule has 162 valence electrons. The number of urea groups is 1. The van der Waals surface area contributed by atoms with Crippen LogP contribution in [0, 0.1) is 5.92 Å². The van der Waals surface area contributed by atoms with Crippen molar-refractivity contribution < 1.29 is 19.1 Å². The van der Waals surface area contributed by atoms with Crippen LogP contribution in [0.4, 0.5) is 4.79 Å².